The summed E-state index contributed by atoms with van der Waals surface area (Å²) in [7, 11) is 0. The van der Waals surface area contributed by atoms with Gasteiger partial charge in [-0.1, -0.05) is 12.1 Å². The first kappa shape index (κ1) is 14.8. The van der Waals surface area contributed by atoms with Gasteiger partial charge in [0.2, 0.25) is 5.91 Å². The highest BCUT2D eigenvalue weighted by atomic mass is 16.4. The Kier molecular flexibility index (Phi) is 3.76. The first-order chi connectivity index (χ1) is 10.5. The van der Waals surface area contributed by atoms with Crippen molar-refractivity contribution >= 4 is 17.6 Å². The Labute approximate surface area is 127 Å². The predicted molar refractivity (Wildman–Crippen MR) is 79.2 cm³/mol. The monoisotopic (exact) mass is 305 g/mol. The summed E-state index contributed by atoms with van der Waals surface area (Å²) < 4.78 is 0. The number of rotatable bonds is 3. The van der Waals surface area contributed by atoms with Gasteiger partial charge in [0.25, 0.3) is 0 Å². The molecule has 1 atom stereocenters. The van der Waals surface area contributed by atoms with Gasteiger partial charge in [-0.3, -0.25) is 14.9 Å². The van der Waals surface area contributed by atoms with E-state index in [4.69, 9.17) is 5.11 Å². The van der Waals surface area contributed by atoms with Crippen molar-refractivity contribution in [1.29, 1.82) is 0 Å². The Morgan fingerprint density at radius 2 is 2.09 bits per heavy atom. The highest BCUT2D eigenvalue weighted by Gasteiger charge is 2.47. The second-order valence-corrected chi connectivity index (χ2v) is 5.83. The molecule has 3 rings (SSSR count). The number of hydrogen-bond donors (Lipinski definition) is 4. The van der Waals surface area contributed by atoms with E-state index in [-0.39, 0.29) is 12.3 Å². The topological polar surface area (TPSA) is 102 Å². The maximum atomic E-state index is 12.0. The number of carbonyl (C=O) groups is 2. The molecular weight excluding hydrogens is 286 g/mol. The van der Waals surface area contributed by atoms with Crippen LogP contribution in [0.15, 0.2) is 24.3 Å². The number of hydrogen-bond acceptors (Lipinski definition) is 5. The average molecular weight is 305 g/mol. The molecule has 2 saturated heterocycles. The van der Waals surface area contributed by atoms with E-state index >= 15 is 0 Å². The lowest BCUT2D eigenvalue weighted by Gasteiger charge is -2.38. The summed E-state index contributed by atoms with van der Waals surface area (Å²) in [6.07, 6.45) is 0.220. The number of carbonyl (C=O) groups excluding carboxylic acids is 1. The van der Waals surface area contributed by atoms with E-state index in [1.54, 1.807) is 6.07 Å². The van der Waals surface area contributed by atoms with E-state index in [1.807, 2.05) is 18.2 Å². The number of nitrogens with one attached hydrogen (secondary N) is 2. The first-order valence-corrected chi connectivity index (χ1v) is 7.31. The average Bonchev–Trinajstić information content (AvgIpc) is 2.73. The molecule has 1 unspecified atom stereocenters. The normalized spacial score (nSPS) is 23.6. The Hall–Kier alpha value is -2.12. The van der Waals surface area contributed by atoms with Crippen LogP contribution in [0.1, 0.15) is 18.4 Å². The molecule has 2 aliphatic heterocycles. The van der Waals surface area contributed by atoms with Crippen molar-refractivity contribution in [3.8, 4) is 0 Å². The standard InChI is InChI=1S/C15H19N3O4/c19-12(20)9-10-2-1-3-11(8-10)18-6-4-15(5-7-18)13(21)16-14(22)17-15/h1-3,8,14,17,22H,4-7,9H2,(H,16,21)(H,19,20). The third-order valence-electron chi connectivity index (χ3n) is 4.36. The summed E-state index contributed by atoms with van der Waals surface area (Å²) in [5, 5.41) is 23.8. The fourth-order valence-corrected chi connectivity index (χ4v) is 3.18. The van der Waals surface area contributed by atoms with Crippen molar-refractivity contribution in [3.63, 3.8) is 0 Å². The number of aliphatic hydroxyl groups is 1. The number of carboxylic acid groups (broad SMARTS) is 1. The molecule has 1 aromatic rings. The van der Waals surface area contributed by atoms with Crippen LogP contribution >= 0.6 is 0 Å². The number of aliphatic hydroxyl groups excluding tert-OH is 1. The summed E-state index contributed by atoms with van der Waals surface area (Å²) in [6, 6.07) is 7.47. The molecule has 0 bridgehead atoms. The molecule has 1 aromatic carbocycles. The largest absolute Gasteiger partial charge is 0.481 e. The van der Waals surface area contributed by atoms with Gasteiger partial charge in [-0.15, -0.1) is 0 Å². The van der Waals surface area contributed by atoms with Crippen molar-refractivity contribution in [1.82, 2.24) is 10.6 Å². The third-order valence-corrected chi connectivity index (χ3v) is 4.36. The number of carboxylic acids is 1. The molecule has 1 spiro atoms. The summed E-state index contributed by atoms with van der Waals surface area (Å²) in [6.45, 7) is 1.34. The Bertz CT molecular complexity index is 596. The highest BCUT2D eigenvalue weighted by molar-refractivity contribution is 5.88. The maximum absolute atomic E-state index is 12.0. The molecule has 118 valence electrons. The van der Waals surface area contributed by atoms with Crippen molar-refractivity contribution in [2.45, 2.75) is 31.2 Å². The zero-order valence-corrected chi connectivity index (χ0v) is 12.1. The van der Waals surface area contributed by atoms with Crippen LogP contribution in [0.5, 0.6) is 0 Å². The number of benzene rings is 1. The predicted octanol–water partition coefficient (Wildman–Crippen LogP) is -0.352. The number of aliphatic carboxylic acids is 1. The lowest BCUT2D eigenvalue weighted by molar-refractivity contribution is -0.136. The fourth-order valence-electron chi connectivity index (χ4n) is 3.18. The van der Waals surface area contributed by atoms with Crippen LogP contribution in [0.4, 0.5) is 5.69 Å². The van der Waals surface area contributed by atoms with Crippen LogP contribution in [-0.4, -0.2) is 47.1 Å². The van der Waals surface area contributed by atoms with Gasteiger partial charge >= 0.3 is 5.97 Å². The Balaban J connectivity index is 1.69. The van der Waals surface area contributed by atoms with E-state index in [0.717, 1.165) is 11.3 Å². The van der Waals surface area contributed by atoms with Crippen molar-refractivity contribution in [2.75, 3.05) is 18.0 Å². The van der Waals surface area contributed by atoms with E-state index in [1.165, 1.54) is 0 Å². The second kappa shape index (κ2) is 5.58. The van der Waals surface area contributed by atoms with E-state index in [0.29, 0.717) is 25.9 Å². The molecule has 7 nitrogen and oxygen atoms in total. The number of amides is 1. The molecule has 0 saturated carbocycles. The summed E-state index contributed by atoms with van der Waals surface area (Å²) in [4.78, 5) is 24.9. The van der Waals surface area contributed by atoms with Crippen LogP contribution in [0, 0.1) is 0 Å². The molecule has 4 N–H and O–H groups in total. The number of piperidine rings is 1. The van der Waals surface area contributed by atoms with Gasteiger partial charge < -0.3 is 20.4 Å². The molecule has 0 radical (unpaired) electrons. The molecule has 7 heteroatoms. The summed E-state index contributed by atoms with van der Waals surface area (Å²) in [5.74, 6) is -1.00. The lowest BCUT2D eigenvalue weighted by atomic mass is 9.87. The molecule has 2 heterocycles. The van der Waals surface area contributed by atoms with Crippen LogP contribution in [-0.2, 0) is 16.0 Å². The zero-order valence-electron chi connectivity index (χ0n) is 12.1. The summed E-state index contributed by atoms with van der Waals surface area (Å²) >= 11 is 0. The molecular formula is C15H19N3O4. The van der Waals surface area contributed by atoms with Crippen LogP contribution < -0.4 is 15.5 Å². The second-order valence-electron chi connectivity index (χ2n) is 5.83. The van der Waals surface area contributed by atoms with Gasteiger partial charge in [0, 0.05) is 18.8 Å². The molecule has 1 amide bonds. The van der Waals surface area contributed by atoms with Gasteiger partial charge in [0.15, 0.2) is 6.35 Å². The SMILES string of the molecule is O=C(O)Cc1cccc(N2CCC3(CC2)NC(O)NC3=O)c1. The minimum Gasteiger partial charge on any atom is -0.481 e. The molecule has 0 aliphatic carbocycles. The maximum Gasteiger partial charge on any atom is 0.307 e. The molecule has 2 aliphatic rings. The van der Waals surface area contributed by atoms with Crippen LogP contribution in [0.2, 0.25) is 0 Å². The zero-order chi connectivity index (χ0) is 15.7. The van der Waals surface area contributed by atoms with Gasteiger partial charge in [-0.05, 0) is 30.5 Å². The van der Waals surface area contributed by atoms with Gasteiger partial charge in [0.05, 0.1) is 6.42 Å². The lowest BCUT2D eigenvalue weighted by Crippen LogP contribution is -2.55. The minimum absolute atomic E-state index is 0.00176. The van der Waals surface area contributed by atoms with Gasteiger partial charge in [0.1, 0.15) is 5.54 Å². The highest BCUT2D eigenvalue weighted by Crippen LogP contribution is 2.29. The van der Waals surface area contributed by atoms with E-state index in [9.17, 15) is 14.7 Å². The quantitative estimate of drug-likeness (QED) is 0.609. The number of anilines is 1. The van der Waals surface area contributed by atoms with E-state index < -0.39 is 17.9 Å². The first-order valence-electron chi connectivity index (χ1n) is 7.31. The molecule has 22 heavy (non-hydrogen) atoms. The van der Waals surface area contributed by atoms with Crippen molar-refractivity contribution in [3.05, 3.63) is 29.8 Å². The minimum atomic E-state index is -0.974. The van der Waals surface area contributed by atoms with Crippen LogP contribution in [0.3, 0.4) is 0 Å². The van der Waals surface area contributed by atoms with Crippen molar-refractivity contribution < 1.29 is 19.8 Å². The van der Waals surface area contributed by atoms with E-state index in [2.05, 4.69) is 15.5 Å². The Morgan fingerprint density at radius 3 is 2.68 bits per heavy atom. The smallest absolute Gasteiger partial charge is 0.307 e. The Morgan fingerprint density at radius 1 is 1.36 bits per heavy atom. The van der Waals surface area contributed by atoms with Crippen molar-refractivity contribution in [2.24, 2.45) is 0 Å². The molecule has 2 fully saturated rings. The van der Waals surface area contributed by atoms with Crippen LogP contribution in [0.25, 0.3) is 0 Å². The molecule has 0 aromatic heterocycles. The third kappa shape index (κ3) is 2.77. The fraction of sp³-hybridized carbons (Fsp3) is 0.467. The number of nitrogens with zero attached hydrogens (tertiary/aromatic N) is 1. The summed E-state index contributed by atoms with van der Waals surface area (Å²) in [5.41, 5.74) is 1.04. The van der Waals surface area contributed by atoms with Gasteiger partial charge in [-0.25, -0.2) is 0 Å². The van der Waals surface area contributed by atoms with Gasteiger partial charge in [-0.2, -0.15) is 0 Å².